The number of thiophene rings is 1. The number of carbonyl (C=O) groups excluding carboxylic acids is 1. The number of rotatable bonds is 2. The standard InChI is InChI=1S/C16H23N3OS/c1-11-13-10-14(21-16(13)19(3)17-11)15(20)18(2)12-8-6-4-5-7-9-12/h10,12H,4-9H2,1-3H3. The summed E-state index contributed by atoms with van der Waals surface area (Å²) in [7, 11) is 3.91. The van der Waals surface area contributed by atoms with E-state index in [9.17, 15) is 4.79 Å². The van der Waals surface area contributed by atoms with Crippen LogP contribution in [0.1, 0.15) is 53.9 Å². The number of aromatic nitrogens is 2. The highest BCUT2D eigenvalue weighted by Crippen LogP contribution is 2.30. The van der Waals surface area contributed by atoms with Crippen LogP contribution >= 0.6 is 11.3 Å². The lowest BCUT2D eigenvalue weighted by molar-refractivity contribution is 0.0722. The Hall–Kier alpha value is -1.36. The summed E-state index contributed by atoms with van der Waals surface area (Å²) in [5.74, 6) is 0.169. The lowest BCUT2D eigenvalue weighted by Gasteiger charge is -2.26. The van der Waals surface area contributed by atoms with E-state index in [1.807, 2.05) is 36.7 Å². The molecule has 0 saturated heterocycles. The van der Waals surface area contributed by atoms with Gasteiger partial charge in [0.25, 0.3) is 5.91 Å². The summed E-state index contributed by atoms with van der Waals surface area (Å²) in [6.45, 7) is 2.00. The van der Waals surface area contributed by atoms with Gasteiger partial charge in [0.05, 0.1) is 10.6 Å². The summed E-state index contributed by atoms with van der Waals surface area (Å²) >= 11 is 1.56. The molecule has 0 aliphatic heterocycles. The molecule has 1 aliphatic carbocycles. The minimum Gasteiger partial charge on any atom is -0.338 e. The Kier molecular flexibility index (Phi) is 4.02. The zero-order chi connectivity index (χ0) is 15.0. The van der Waals surface area contributed by atoms with Gasteiger partial charge in [-0.05, 0) is 25.8 Å². The van der Waals surface area contributed by atoms with Crippen LogP contribution in [0, 0.1) is 6.92 Å². The second-order valence-corrected chi connectivity index (χ2v) is 7.13. The molecule has 0 aromatic carbocycles. The monoisotopic (exact) mass is 305 g/mol. The third-order valence-corrected chi connectivity index (χ3v) is 5.79. The second kappa shape index (κ2) is 5.79. The minimum absolute atomic E-state index is 0.169. The maximum absolute atomic E-state index is 12.8. The zero-order valence-electron chi connectivity index (χ0n) is 13.1. The smallest absolute Gasteiger partial charge is 0.264 e. The van der Waals surface area contributed by atoms with Gasteiger partial charge in [-0.1, -0.05) is 25.7 Å². The average molecular weight is 305 g/mol. The first-order chi connectivity index (χ1) is 10.1. The Morgan fingerprint density at radius 3 is 2.62 bits per heavy atom. The van der Waals surface area contributed by atoms with E-state index < -0.39 is 0 Å². The first-order valence-corrected chi connectivity index (χ1v) is 8.60. The zero-order valence-corrected chi connectivity index (χ0v) is 13.9. The van der Waals surface area contributed by atoms with Crippen LogP contribution < -0.4 is 0 Å². The van der Waals surface area contributed by atoms with E-state index in [1.54, 1.807) is 11.3 Å². The summed E-state index contributed by atoms with van der Waals surface area (Å²) in [4.78, 5) is 16.7. The van der Waals surface area contributed by atoms with E-state index in [4.69, 9.17) is 0 Å². The number of fused-ring (bicyclic) bond motifs is 1. The predicted molar refractivity (Wildman–Crippen MR) is 86.9 cm³/mol. The van der Waals surface area contributed by atoms with E-state index in [0.717, 1.165) is 33.6 Å². The first-order valence-electron chi connectivity index (χ1n) is 7.78. The van der Waals surface area contributed by atoms with Gasteiger partial charge >= 0.3 is 0 Å². The lowest BCUT2D eigenvalue weighted by atomic mass is 10.1. The highest BCUT2D eigenvalue weighted by atomic mass is 32.1. The molecule has 114 valence electrons. The van der Waals surface area contributed by atoms with Crippen molar-refractivity contribution in [3.8, 4) is 0 Å². The van der Waals surface area contributed by atoms with E-state index in [0.29, 0.717) is 6.04 Å². The molecule has 0 bridgehead atoms. The fraction of sp³-hybridized carbons (Fsp3) is 0.625. The summed E-state index contributed by atoms with van der Waals surface area (Å²) in [6.07, 6.45) is 7.41. The molecule has 21 heavy (non-hydrogen) atoms. The number of aryl methyl sites for hydroxylation is 2. The largest absolute Gasteiger partial charge is 0.338 e. The average Bonchev–Trinajstić information content (AvgIpc) is 2.88. The van der Waals surface area contributed by atoms with Gasteiger partial charge in [0, 0.05) is 25.5 Å². The van der Waals surface area contributed by atoms with Gasteiger partial charge in [0.15, 0.2) is 0 Å². The Morgan fingerprint density at radius 2 is 2.00 bits per heavy atom. The molecule has 0 N–H and O–H groups in total. The van der Waals surface area contributed by atoms with Gasteiger partial charge in [-0.2, -0.15) is 5.10 Å². The molecule has 2 heterocycles. The fourth-order valence-electron chi connectivity index (χ4n) is 3.30. The van der Waals surface area contributed by atoms with Crippen molar-refractivity contribution in [1.82, 2.24) is 14.7 Å². The van der Waals surface area contributed by atoms with Crippen molar-refractivity contribution >= 4 is 27.5 Å². The molecule has 2 aromatic heterocycles. The van der Waals surface area contributed by atoms with Crippen LogP contribution in [-0.2, 0) is 7.05 Å². The quantitative estimate of drug-likeness (QED) is 0.793. The minimum atomic E-state index is 0.169. The van der Waals surface area contributed by atoms with Crippen molar-refractivity contribution in [1.29, 1.82) is 0 Å². The van der Waals surface area contributed by atoms with Gasteiger partial charge in [0.1, 0.15) is 4.83 Å². The molecule has 0 atom stereocenters. The van der Waals surface area contributed by atoms with Crippen LogP contribution in [0.15, 0.2) is 6.07 Å². The number of amides is 1. The molecule has 1 amide bonds. The molecule has 4 nitrogen and oxygen atoms in total. The molecule has 1 aliphatic rings. The number of hydrogen-bond acceptors (Lipinski definition) is 3. The third kappa shape index (κ3) is 2.71. The van der Waals surface area contributed by atoms with E-state index >= 15 is 0 Å². The van der Waals surface area contributed by atoms with E-state index in [2.05, 4.69) is 5.10 Å². The SMILES string of the molecule is Cc1nn(C)c2sc(C(=O)N(C)C3CCCCCC3)cc12. The van der Waals surface area contributed by atoms with Crippen LogP contribution in [-0.4, -0.2) is 33.7 Å². The van der Waals surface area contributed by atoms with E-state index in [-0.39, 0.29) is 5.91 Å². The van der Waals surface area contributed by atoms with Crippen LogP contribution in [0.2, 0.25) is 0 Å². The van der Waals surface area contributed by atoms with Crippen LogP contribution in [0.3, 0.4) is 0 Å². The van der Waals surface area contributed by atoms with Crippen LogP contribution in [0.5, 0.6) is 0 Å². The molecular weight excluding hydrogens is 282 g/mol. The molecule has 3 rings (SSSR count). The third-order valence-electron chi connectivity index (χ3n) is 4.60. The van der Waals surface area contributed by atoms with Gasteiger partial charge < -0.3 is 4.90 Å². The lowest BCUT2D eigenvalue weighted by Crippen LogP contribution is -2.36. The molecule has 0 radical (unpaired) electrons. The first kappa shape index (κ1) is 14.6. The van der Waals surface area contributed by atoms with Crippen molar-refractivity contribution in [2.45, 2.75) is 51.5 Å². The Bertz CT molecular complexity index is 615. The van der Waals surface area contributed by atoms with E-state index in [1.165, 1.54) is 25.7 Å². The van der Waals surface area contributed by atoms with Crippen molar-refractivity contribution in [2.24, 2.45) is 7.05 Å². The Balaban J connectivity index is 1.83. The highest BCUT2D eigenvalue weighted by Gasteiger charge is 2.24. The molecule has 0 spiro atoms. The summed E-state index contributed by atoms with van der Waals surface area (Å²) in [5.41, 5.74) is 1.000. The van der Waals surface area contributed by atoms with Crippen molar-refractivity contribution in [3.63, 3.8) is 0 Å². The van der Waals surface area contributed by atoms with Gasteiger partial charge in [-0.3, -0.25) is 9.48 Å². The topological polar surface area (TPSA) is 38.1 Å². The van der Waals surface area contributed by atoms with Crippen LogP contribution in [0.25, 0.3) is 10.2 Å². The van der Waals surface area contributed by atoms with Crippen molar-refractivity contribution in [3.05, 3.63) is 16.6 Å². The number of hydrogen-bond donors (Lipinski definition) is 0. The summed E-state index contributed by atoms with van der Waals surface area (Å²) < 4.78 is 1.87. The molecule has 1 saturated carbocycles. The molecular formula is C16H23N3OS. The molecule has 1 fully saturated rings. The maximum Gasteiger partial charge on any atom is 0.264 e. The number of carbonyl (C=O) groups is 1. The normalized spacial score (nSPS) is 17.1. The van der Waals surface area contributed by atoms with Crippen LogP contribution in [0.4, 0.5) is 0 Å². The summed E-state index contributed by atoms with van der Waals surface area (Å²) in [6, 6.07) is 2.42. The highest BCUT2D eigenvalue weighted by molar-refractivity contribution is 7.20. The summed E-state index contributed by atoms with van der Waals surface area (Å²) in [5, 5.41) is 5.51. The predicted octanol–water partition coefficient (Wildman–Crippen LogP) is 3.74. The molecule has 2 aromatic rings. The van der Waals surface area contributed by atoms with Gasteiger partial charge in [0.2, 0.25) is 0 Å². The Labute approximate surface area is 129 Å². The molecule has 0 unspecified atom stereocenters. The Morgan fingerprint density at radius 1 is 1.33 bits per heavy atom. The fourth-order valence-corrected chi connectivity index (χ4v) is 4.40. The maximum atomic E-state index is 12.8. The van der Waals surface area contributed by atoms with Crippen molar-refractivity contribution in [2.75, 3.05) is 7.05 Å². The molecule has 5 heteroatoms. The van der Waals surface area contributed by atoms with Gasteiger partial charge in [-0.15, -0.1) is 11.3 Å². The number of nitrogens with zero attached hydrogens (tertiary/aromatic N) is 3. The van der Waals surface area contributed by atoms with Gasteiger partial charge in [-0.25, -0.2) is 0 Å². The van der Waals surface area contributed by atoms with Crippen molar-refractivity contribution < 1.29 is 4.79 Å². The second-order valence-electron chi connectivity index (χ2n) is 6.10.